The summed E-state index contributed by atoms with van der Waals surface area (Å²) in [5.74, 6) is 0.489. The van der Waals surface area contributed by atoms with Gasteiger partial charge in [0.2, 0.25) is 5.91 Å². The minimum Gasteiger partial charge on any atom is -0.372 e. The maximum Gasteiger partial charge on any atom is 0.226 e. The molecule has 0 aromatic heterocycles. The predicted octanol–water partition coefficient (Wildman–Crippen LogP) is 3.29. The van der Waals surface area contributed by atoms with E-state index >= 15 is 0 Å². The van der Waals surface area contributed by atoms with Crippen LogP contribution in [0.4, 0.5) is 5.69 Å². The number of sulfone groups is 1. The molecule has 1 aromatic carbocycles. The lowest BCUT2D eigenvalue weighted by Gasteiger charge is -2.37. The number of anilines is 1. The Bertz CT molecular complexity index is 843. The van der Waals surface area contributed by atoms with Crippen LogP contribution in [0.5, 0.6) is 0 Å². The molecule has 0 N–H and O–H groups in total. The van der Waals surface area contributed by atoms with E-state index in [9.17, 15) is 13.2 Å². The van der Waals surface area contributed by atoms with Crippen LogP contribution < -0.4 is 4.90 Å². The Morgan fingerprint density at radius 3 is 2.10 bits per heavy atom. The highest BCUT2D eigenvalue weighted by molar-refractivity contribution is 7.92. The molecular formula is C24H38N2O4S. The molecule has 0 bridgehead atoms. The van der Waals surface area contributed by atoms with Gasteiger partial charge in [0.05, 0.1) is 29.1 Å². The fourth-order valence-electron chi connectivity index (χ4n) is 4.41. The number of hydrogen-bond acceptors (Lipinski definition) is 5. The third-order valence-corrected chi connectivity index (χ3v) is 9.21. The van der Waals surface area contributed by atoms with E-state index in [1.165, 1.54) is 5.69 Å². The molecule has 0 spiro atoms. The van der Waals surface area contributed by atoms with E-state index in [1.54, 1.807) is 20.8 Å². The molecule has 2 heterocycles. The van der Waals surface area contributed by atoms with Crippen molar-refractivity contribution in [3.8, 4) is 0 Å². The molecule has 0 unspecified atom stereocenters. The third-order valence-electron chi connectivity index (χ3n) is 6.43. The van der Waals surface area contributed by atoms with E-state index in [0.717, 1.165) is 31.5 Å². The van der Waals surface area contributed by atoms with Crippen molar-refractivity contribution in [1.29, 1.82) is 0 Å². The molecule has 2 aliphatic rings. The van der Waals surface area contributed by atoms with Crippen LogP contribution in [-0.4, -0.2) is 68.1 Å². The zero-order valence-corrected chi connectivity index (χ0v) is 20.5. The van der Waals surface area contributed by atoms with Crippen molar-refractivity contribution in [2.24, 2.45) is 5.92 Å². The highest BCUT2D eigenvalue weighted by Crippen LogP contribution is 2.26. The summed E-state index contributed by atoms with van der Waals surface area (Å²) in [6, 6.07) is 8.27. The fourth-order valence-corrected chi connectivity index (χ4v) is 5.86. The minimum atomic E-state index is -3.12. The molecule has 2 aliphatic heterocycles. The molecule has 31 heavy (non-hydrogen) atoms. The van der Waals surface area contributed by atoms with Gasteiger partial charge < -0.3 is 14.5 Å². The van der Waals surface area contributed by atoms with Gasteiger partial charge in [0, 0.05) is 31.9 Å². The lowest BCUT2D eigenvalue weighted by molar-refractivity contribution is -0.131. The molecule has 6 nitrogen and oxygen atoms in total. The molecule has 0 aliphatic carbocycles. The molecule has 2 saturated heterocycles. The summed E-state index contributed by atoms with van der Waals surface area (Å²) in [7, 11) is -3.12. The molecule has 7 heteroatoms. The van der Waals surface area contributed by atoms with Crippen molar-refractivity contribution in [1.82, 2.24) is 4.90 Å². The second-order valence-electron chi connectivity index (χ2n) is 10.2. The van der Waals surface area contributed by atoms with E-state index in [4.69, 9.17) is 4.74 Å². The maximum atomic E-state index is 12.8. The van der Waals surface area contributed by atoms with Gasteiger partial charge in [0.15, 0.2) is 9.84 Å². The van der Waals surface area contributed by atoms with Crippen LogP contribution in [0.3, 0.4) is 0 Å². The molecule has 0 saturated carbocycles. The van der Waals surface area contributed by atoms with E-state index in [2.05, 4.69) is 30.9 Å². The lowest BCUT2D eigenvalue weighted by Crippen LogP contribution is -2.45. The first kappa shape index (κ1) is 24.1. The summed E-state index contributed by atoms with van der Waals surface area (Å²) >= 11 is 0. The van der Waals surface area contributed by atoms with Crippen molar-refractivity contribution in [3.63, 3.8) is 0 Å². The Labute approximate surface area is 187 Å². The molecular weight excluding hydrogens is 412 g/mol. The van der Waals surface area contributed by atoms with Gasteiger partial charge in [-0.05, 0) is 71.1 Å². The number of nitrogens with zero attached hydrogens (tertiary/aromatic N) is 2. The minimum absolute atomic E-state index is 0.124. The summed E-state index contributed by atoms with van der Waals surface area (Å²) in [5, 5.41) is 0. The van der Waals surface area contributed by atoms with Gasteiger partial charge in [-0.25, -0.2) is 8.42 Å². The summed E-state index contributed by atoms with van der Waals surface area (Å²) in [5.41, 5.74) is 2.18. The summed E-state index contributed by atoms with van der Waals surface area (Å²) in [6.07, 6.45) is 2.33. The molecule has 3 rings (SSSR count). The zero-order chi connectivity index (χ0) is 22.8. The number of carbonyl (C=O) groups excluding carboxylic acids is 1. The number of likely N-dealkylation sites (tertiary alicyclic amines) is 1. The van der Waals surface area contributed by atoms with Gasteiger partial charge in [0.25, 0.3) is 0 Å². The standard InChI is InChI=1S/C24H38N2O4S/c1-18-15-26(16-19(2)30-18)22-8-6-20(7-9-22)14-23(27)25-12-10-21(11-13-25)17-31(28,29)24(3,4)5/h6-9,18-19,21H,10-17H2,1-5H3/t18-,19+. The molecule has 0 radical (unpaired) electrons. The number of morpholine rings is 1. The number of piperidine rings is 1. The van der Waals surface area contributed by atoms with Crippen LogP contribution in [0, 0.1) is 5.92 Å². The Hall–Kier alpha value is -1.60. The van der Waals surface area contributed by atoms with Crippen molar-refractivity contribution in [3.05, 3.63) is 29.8 Å². The summed E-state index contributed by atoms with van der Waals surface area (Å²) in [4.78, 5) is 17.0. The Balaban J connectivity index is 1.50. The van der Waals surface area contributed by atoms with Crippen LogP contribution in [0.25, 0.3) is 0 Å². The average molecular weight is 451 g/mol. The van der Waals surface area contributed by atoms with Gasteiger partial charge >= 0.3 is 0 Å². The third kappa shape index (κ3) is 6.22. The Morgan fingerprint density at radius 1 is 1.03 bits per heavy atom. The lowest BCUT2D eigenvalue weighted by atomic mass is 9.98. The first-order valence-electron chi connectivity index (χ1n) is 11.4. The smallest absolute Gasteiger partial charge is 0.226 e. The van der Waals surface area contributed by atoms with Crippen molar-refractivity contribution < 1.29 is 17.9 Å². The Morgan fingerprint density at radius 2 is 1.58 bits per heavy atom. The number of amides is 1. The van der Waals surface area contributed by atoms with E-state index in [-0.39, 0.29) is 29.8 Å². The monoisotopic (exact) mass is 450 g/mol. The van der Waals surface area contributed by atoms with Crippen LogP contribution in [0.15, 0.2) is 24.3 Å². The van der Waals surface area contributed by atoms with Crippen molar-refractivity contribution in [2.75, 3.05) is 36.8 Å². The summed E-state index contributed by atoms with van der Waals surface area (Å²) < 4.78 is 30.0. The number of hydrogen-bond donors (Lipinski definition) is 0. The fraction of sp³-hybridized carbons (Fsp3) is 0.708. The first-order chi connectivity index (χ1) is 14.4. The zero-order valence-electron chi connectivity index (χ0n) is 19.6. The van der Waals surface area contributed by atoms with E-state index in [1.807, 2.05) is 17.0 Å². The van der Waals surface area contributed by atoms with Crippen molar-refractivity contribution >= 4 is 21.4 Å². The summed E-state index contributed by atoms with van der Waals surface area (Å²) in [6.45, 7) is 12.5. The highest BCUT2D eigenvalue weighted by Gasteiger charge is 2.33. The number of benzene rings is 1. The Kier molecular flexibility index (Phi) is 7.36. The van der Waals surface area contributed by atoms with E-state index < -0.39 is 14.6 Å². The molecule has 2 atom stereocenters. The van der Waals surface area contributed by atoms with Gasteiger partial charge in [-0.15, -0.1) is 0 Å². The molecule has 1 amide bonds. The van der Waals surface area contributed by atoms with Crippen LogP contribution in [0.1, 0.15) is 53.0 Å². The number of carbonyl (C=O) groups is 1. The van der Waals surface area contributed by atoms with Crippen LogP contribution >= 0.6 is 0 Å². The van der Waals surface area contributed by atoms with Crippen molar-refractivity contribution in [2.45, 2.75) is 70.8 Å². The quantitative estimate of drug-likeness (QED) is 0.689. The maximum absolute atomic E-state index is 12.8. The average Bonchev–Trinajstić information content (AvgIpc) is 2.67. The van der Waals surface area contributed by atoms with Gasteiger partial charge in [0.1, 0.15) is 0 Å². The SMILES string of the molecule is C[C@@H]1CN(c2ccc(CC(=O)N3CCC(CS(=O)(=O)C(C)(C)C)CC3)cc2)C[C@H](C)O1. The largest absolute Gasteiger partial charge is 0.372 e. The highest BCUT2D eigenvalue weighted by atomic mass is 32.2. The first-order valence-corrected chi connectivity index (χ1v) is 13.1. The molecule has 174 valence electrons. The second kappa shape index (κ2) is 9.49. The van der Waals surface area contributed by atoms with Gasteiger partial charge in [-0.3, -0.25) is 4.79 Å². The van der Waals surface area contributed by atoms with E-state index in [0.29, 0.717) is 19.5 Å². The molecule has 1 aromatic rings. The van der Waals surface area contributed by atoms with Gasteiger partial charge in [-0.2, -0.15) is 0 Å². The number of ether oxygens (including phenoxy) is 1. The van der Waals surface area contributed by atoms with Gasteiger partial charge in [-0.1, -0.05) is 12.1 Å². The normalized spacial score (nSPS) is 23.8. The van der Waals surface area contributed by atoms with Crippen LogP contribution in [0.2, 0.25) is 0 Å². The van der Waals surface area contributed by atoms with Crippen LogP contribution in [-0.2, 0) is 25.8 Å². The topological polar surface area (TPSA) is 66.9 Å². The molecule has 2 fully saturated rings. The number of rotatable bonds is 5. The predicted molar refractivity (Wildman–Crippen MR) is 125 cm³/mol. The second-order valence-corrected chi connectivity index (χ2v) is 13.0.